The third kappa shape index (κ3) is 5.49. The Labute approximate surface area is 116 Å². The van der Waals surface area contributed by atoms with Crippen molar-refractivity contribution in [2.24, 2.45) is 0 Å². The van der Waals surface area contributed by atoms with Crippen LogP contribution in [0.25, 0.3) is 0 Å². The van der Waals surface area contributed by atoms with Crippen LogP contribution in [0.15, 0.2) is 0 Å². The number of ether oxygens (including phenoxy) is 2. The predicted molar refractivity (Wildman–Crippen MR) is 74.0 cm³/mol. The molecule has 2 saturated carbocycles. The van der Waals surface area contributed by atoms with Crippen molar-refractivity contribution >= 4 is 5.97 Å². The van der Waals surface area contributed by atoms with E-state index in [4.69, 9.17) is 9.47 Å². The highest BCUT2D eigenvalue weighted by molar-refractivity contribution is 5.76. The van der Waals surface area contributed by atoms with Crippen LogP contribution in [0.5, 0.6) is 0 Å². The average Bonchev–Trinajstić information content (AvgIpc) is 3.22. The van der Waals surface area contributed by atoms with Gasteiger partial charge in [0.1, 0.15) is 6.04 Å². The first-order valence-electron chi connectivity index (χ1n) is 7.84. The lowest BCUT2D eigenvalue weighted by Gasteiger charge is -2.21. The van der Waals surface area contributed by atoms with Crippen LogP contribution in [0.1, 0.15) is 58.3 Å². The molecule has 2 fully saturated rings. The monoisotopic (exact) mass is 269 g/mol. The van der Waals surface area contributed by atoms with E-state index in [0.29, 0.717) is 25.4 Å². The Bertz CT molecular complexity index is 271. The highest BCUT2D eigenvalue weighted by Gasteiger charge is 2.30. The van der Waals surface area contributed by atoms with Gasteiger partial charge in [0, 0.05) is 6.04 Å². The quantitative estimate of drug-likeness (QED) is 0.569. The molecule has 0 heterocycles. The van der Waals surface area contributed by atoms with Gasteiger partial charge in [0.05, 0.1) is 19.3 Å². The molecule has 110 valence electrons. The first kappa shape index (κ1) is 14.8. The molecule has 0 aromatic carbocycles. The number of hydrogen-bond acceptors (Lipinski definition) is 4. The molecule has 0 bridgehead atoms. The van der Waals surface area contributed by atoms with Gasteiger partial charge in [-0.05, 0) is 32.6 Å². The molecule has 1 unspecified atom stereocenters. The van der Waals surface area contributed by atoms with Crippen LogP contribution in [-0.4, -0.2) is 37.4 Å². The first-order chi connectivity index (χ1) is 9.29. The van der Waals surface area contributed by atoms with E-state index in [9.17, 15) is 4.79 Å². The normalized spacial score (nSPS) is 22.8. The van der Waals surface area contributed by atoms with Gasteiger partial charge in [-0.2, -0.15) is 0 Å². The van der Waals surface area contributed by atoms with Gasteiger partial charge in [0.2, 0.25) is 0 Å². The van der Waals surface area contributed by atoms with Crippen molar-refractivity contribution in [1.82, 2.24) is 5.32 Å². The number of rotatable bonds is 7. The molecule has 0 aromatic heterocycles. The summed E-state index contributed by atoms with van der Waals surface area (Å²) in [5.41, 5.74) is 0. The van der Waals surface area contributed by atoms with E-state index in [0.717, 1.165) is 12.8 Å². The molecular formula is C15H27NO3. The van der Waals surface area contributed by atoms with Gasteiger partial charge in [0.25, 0.3) is 0 Å². The van der Waals surface area contributed by atoms with Crippen LogP contribution in [0.3, 0.4) is 0 Å². The molecule has 19 heavy (non-hydrogen) atoms. The lowest BCUT2D eigenvalue weighted by molar-refractivity contribution is -0.148. The minimum absolute atomic E-state index is 0.164. The van der Waals surface area contributed by atoms with Crippen molar-refractivity contribution in [2.75, 3.05) is 13.2 Å². The minimum Gasteiger partial charge on any atom is -0.465 e. The van der Waals surface area contributed by atoms with Crippen molar-refractivity contribution in [2.45, 2.75) is 76.5 Å². The smallest absolute Gasteiger partial charge is 0.325 e. The highest BCUT2D eigenvalue weighted by Crippen LogP contribution is 2.22. The topological polar surface area (TPSA) is 47.6 Å². The predicted octanol–water partition coefficient (Wildman–Crippen LogP) is 2.41. The van der Waals surface area contributed by atoms with Gasteiger partial charge in [-0.15, -0.1) is 0 Å². The molecular weight excluding hydrogens is 242 g/mol. The van der Waals surface area contributed by atoms with Crippen LogP contribution in [0.4, 0.5) is 0 Å². The van der Waals surface area contributed by atoms with E-state index in [1.54, 1.807) is 0 Å². The molecule has 0 saturated heterocycles. The Hall–Kier alpha value is -0.610. The van der Waals surface area contributed by atoms with Gasteiger partial charge in [-0.25, -0.2) is 0 Å². The molecule has 0 aromatic rings. The van der Waals surface area contributed by atoms with E-state index in [1.165, 1.54) is 38.5 Å². The maximum atomic E-state index is 11.9. The summed E-state index contributed by atoms with van der Waals surface area (Å²) in [5, 5.41) is 3.33. The summed E-state index contributed by atoms with van der Waals surface area (Å²) in [5.74, 6) is -0.164. The lowest BCUT2D eigenvalue weighted by Crippen LogP contribution is -2.43. The zero-order valence-corrected chi connectivity index (χ0v) is 12.0. The van der Waals surface area contributed by atoms with Crippen molar-refractivity contribution in [3.8, 4) is 0 Å². The third-order valence-electron chi connectivity index (χ3n) is 3.89. The Morgan fingerprint density at radius 3 is 2.42 bits per heavy atom. The van der Waals surface area contributed by atoms with Crippen LogP contribution in [0.2, 0.25) is 0 Å². The number of hydrogen-bond donors (Lipinski definition) is 1. The zero-order chi connectivity index (χ0) is 13.5. The van der Waals surface area contributed by atoms with E-state index in [1.807, 2.05) is 6.92 Å². The Balaban J connectivity index is 1.75. The molecule has 0 spiro atoms. The summed E-state index contributed by atoms with van der Waals surface area (Å²) in [7, 11) is 0. The summed E-state index contributed by atoms with van der Waals surface area (Å²) < 4.78 is 11.1. The molecule has 1 atom stereocenters. The number of carbonyl (C=O) groups excluding carboxylic acids is 1. The summed E-state index contributed by atoms with van der Waals surface area (Å²) in [6.07, 6.45) is 10.1. The molecule has 1 N–H and O–H groups in total. The molecule has 0 aliphatic heterocycles. The zero-order valence-electron chi connectivity index (χ0n) is 12.0. The maximum absolute atomic E-state index is 11.9. The summed E-state index contributed by atoms with van der Waals surface area (Å²) in [4.78, 5) is 11.9. The second-order valence-electron chi connectivity index (χ2n) is 5.69. The van der Waals surface area contributed by atoms with Crippen LogP contribution in [-0.2, 0) is 14.3 Å². The van der Waals surface area contributed by atoms with Crippen molar-refractivity contribution in [3.05, 3.63) is 0 Å². The van der Waals surface area contributed by atoms with Crippen LogP contribution in [0, 0.1) is 0 Å². The molecule has 0 radical (unpaired) electrons. The average molecular weight is 269 g/mol. The number of carbonyl (C=O) groups is 1. The molecule has 2 aliphatic rings. The Morgan fingerprint density at radius 1 is 1.16 bits per heavy atom. The molecule has 2 aliphatic carbocycles. The molecule has 2 rings (SSSR count). The van der Waals surface area contributed by atoms with Gasteiger partial charge >= 0.3 is 5.97 Å². The van der Waals surface area contributed by atoms with Crippen molar-refractivity contribution < 1.29 is 14.3 Å². The summed E-state index contributed by atoms with van der Waals surface area (Å²) >= 11 is 0. The standard InChI is InChI=1S/C15H27NO3/c1-2-18-15(17)14(16-12-9-10-12)11-19-13-7-5-3-4-6-8-13/h12-14,16H,2-11H2,1H3. The third-order valence-corrected chi connectivity index (χ3v) is 3.89. The fourth-order valence-corrected chi connectivity index (χ4v) is 2.60. The second kappa shape index (κ2) is 7.85. The van der Waals surface area contributed by atoms with Gasteiger partial charge in [-0.3, -0.25) is 10.1 Å². The number of esters is 1. The molecule has 0 amide bonds. The van der Waals surface area contributed by atoms with E-state index < -0.39 is 0 Å². The lowest BCUT2D eigenvalue weighted by atomic mass is 10.1. The molecule has 4 nitrogen and oxygen atoms in total. The van der Waals surface area contributed by atoms with E-state index >= 15 is 0 Å². The Morgan fingerprint density at radius 2 is 1.84 bits per heavy atom. The first-order valence-corrected chi connectivity index (χ1v) is 7.84. The van der Waals surface area contributed by atoms with Gasteiger partial charge in [0.15, 0.2) is 0 Å². The molecule has 4 heteroatoms. The Kier molecular flexibility index (Phi) is 6.11. The van der Waals surface area contributed by atoms with E-state index in [-0.39, 0.29) is 12.0 Å². The highest BCUT2D eigenvalue weighted by atomic mass is 16.5. The minimum atomic E-state index is -0.282. The van der Waals surface area contributed by atoms with Crippen molar-refractivity contribution in [3.63, 3.8) is 0 Å². The second-order valence-corrected chi connectivity index (χ2v) is 5.69. The fourth-order valence-electron chi connectivity index (χ4n) is 2.60. The largest absolute Gasteiger partial charge is 0.465 e. The van der Waals surface area contributed by atoms with Crippen LogP contribution >= 0.6 is 0 Å². The summed E-state index contributed by atoms with van der Waals surface area (Å²) in [6, 6.07) is 0.211. The van der Waals surface area contributed by atoms with Gasteiger partial charge in [-0.1, -0.05) is 25.7 Å². The maximum Gasteiger partial charge on any atom is 0.325 e. The van der Waals surface area contributed by atoms with E-state index in [2.05, 4.69) is 5.32 Å². The van der Waals surface area contributed by atoms with Crippen molar-refractivity contribution in [1.29, 1.82) is 0 Å². The van der Waals surface area contributed by atoms with Crippen LogP contribution < -0.4 is 5.32 Å². The number of nitrogens with one attached hydrogen (secondary N) is 1. The SMILES string of the molecule is CCOC(=O)C(COC1CCCCCC1)NC1CC1. The fraction of sp³-hybridized carbons (Fsp3) is 0.933. The summed E-state index contributed by atoms with van der Waals surface area (Å²) in [6.45, 7) is 2.74. The van der Waals surface area contributed by atoms with Gasteiger partial charge < -0.3 is 9.47 Å².